The lowest BCUT2D eigenvalue weighted by Gasteiger charge is -2.41. The van der Waals surface area contributed by atoms with Crippen molar-refractivity contribution < 1.29 is 17.2 Å². The zero-order chi connectivity index (χ0) is 15.2. The lowest BCUT2D eigenvalue weighted by molar-refractivity contribution is 0.116. The van der Waals surface area contributed by atoms with Crippen molar-refractivity contribution in [2.75, 3.05) is 19.6 Å². The molecule has 0 unspecified atom stereocenters. The van der Waals surface area contributed by atoms with Gasteiger partial charge in [-0.2, -0.15) is 4.31 Å². The van der Waals surface area contributed by atoms with E-state index in [0.717, 1.165) is 31.5 Å². The maximum atomic E-state index is 13.8. The van der Waals surface area contributed by atoms with E-state index >= 15 is 0 Å². The van der Waals surface area contributed by atoms with Gasteiger partial charge < -0.3 is 0 Å². The average Bonchev–Trinajstić information content (AvgIpc) is 2.84. The molecule has 4 nitrogen and oxygen atoms in total. The lowest BCUT2D eigenvalue weighted by Crippen LogP contribution is -2.56. The van der Waals surface area contributed by atoms with E-state index in [1.807, 2.05) is 0 Å². The number of nitrogens with zero attached hydrogens (tertiary/aromatic N) is 2. The van der Waals surface area contributed by atoms with E-state index in [1.54, 1.807) is 6.92 Å². The molecule has 0 N–H and O–H groups in total. The highest BCUT2D eigenvalue weighted by molar-refractivity contribution is 7.89. The fraction of sp³-hybridized carbons (Fsp3) is 0.571. The van der Waals surface area contributed by atoms with E-state index in [2.05, 4.69) is 4.90 Å². The number of fused-ring (bicyclic) bond motifs is 1. The molecule has 7 heteroatoms. The number of hydrogen-bond acceptors (Lipinski definition) is 3. The Labute approximate surface area is 123 Å². The van der Waals surface area contributed by atoms with Gasteiger partial charge in [0.1, 0.15) is 11.6 Å². The minimum atomic E-state index is -4.15. The minimum Gasteiger partial charge on any atom is -0.297 e. The first-order valence-corrected chi connectivity index (χ1v) is 8.55. The Balaban J connectivity index is 1.98. The third-order valence-electron chi connectivity index (χ3n) is 4.37. The predicted octanol–water partition coefficient (Wildman–Crippen LogP) is 1.82. The first-order valence-electron chi connectivity index (χ1n) is 7.11. The number of halogens is 2. The molecule has 2 saturated heterocycles. The van der Waals surface area contributed by atoms with Crippen LogP contribution in [0, 0.1) is 11.6 Å². The Morgan fingerprint density at radius 2 is 1.86 bits per heavy atom. The third-order valence-corrected chi connectivity index (χ3v) is 6.40. The molecule has 116 valence electrons. The fourth-order valence-electron chi connectivity index (χ4n) is 3.34. The third kappa shape index (κ3) is 2.47. The second kappa shape index (κ2) is 5.30. The van der Waals surface area contributed by atoms with Crippen LogP contribution in [0.15, 0.2) is 23.1 Å². The van der Waals surface area contributed by atoms with Crippen LogP contribution in [-0.4, -0.2) is 49.3 Å². The Morgan fingerprint density at radius 3 is 2.52 bits per heavy atom. The summed E-state index contributed by atoms with van der Waals surface area (Å²) in [6.45, 7) is 3.67. The highest BCUT2D eigenvalue weighted by atomic mass is 32.2. The highest BCUT2D eigenvalue weighted by Gasteiger charge is 2.42. The van der Waals surface area contributed by atoms with Gasteiger partial charge in [-0.25, -0.2) is 17.2 Å². The molecule has 1 aromatic rings. The van der Waals surface area contributed by atoms with Crippen molar-refractivity contribution in [3.63, 3.8) is 0 Å². The fourth-order valence-corrected chi connectivity index (χ4v) is 5.11. The summed E-state index contributed by atoms with van der Waals surface area (Å²) < 4.78 is 54.2. The Bertz CT molecular complexity index is 630. The molecule has 2 atom stereocenters. The van der Waals surface area contributed by atoms with Gasteiger partial charge in [-0.15, -0.1) is 0 Å². The van der Waals surface area contributed by atoms with Gasteiger partial charge >= 0.3 is 0 Å². The van der Waals surface area contributed by atoms with E-state index in [9.17, 15) is 17.2 Å². The molecular formula is C14H18F2N2O2S. The van der Waals surface area contributed by atoms with Gasteiger partial charge in [0.25, 0.3) is 0 Å². The highest BCUT2D eigenvalue weighted by Crippen LogP contribution is 2.30. The molecule has 2 aliphatic heterocycles. The maximum absolute atomic E-state index is 13.8. The van der Waals surface area contributed by atoms with Gasteiger partial charge in [0, 0.05) is 25.2 Å². The molecule has 0 aliphatic carbocycles. The van der Waals surface area contributed by atoms with E-state index < -0.39 is 26.6 Å². The average molecular weight is 316 g/mol. The standard InChI is InChI=1S/C14H18F2N2O2S/c1-10-8-17-7-3-4-11(17)9-18(10)21(19,20)14-12(15)5-2-6-13(14)16/h2,5-6,10-11H,3-4,7-9H2,1H3/t10-,11+/m1/s1. The number of sulfonamides is 1. The molecular weight excluding hydrogens is 298 g/mol. The molecule has 0 saturated carbocycles. The van der Waals surface area contributed by atoms with Crippen molar-refractivity contribution in [3.8, 4) is 0 Å². The van der Waals surface area contributed by atoms with Crippen molar-refractivity contribution in [1.82, 2.24) is 9.21 Å². The van der Waals surface area contributed by atoms with Crippen LogP contribution in [0.4, 0.5) is 8.78 Å². The number of rotatable bonds is 2. The zero-order valence-electron chi connectivity index (χ0n) is 11.8. The normalized spacial score (nSPS) is 27.8. The molecule has 2 heterocycles. The summed E-state index contributed by atoms with van der Waals surface area (Å²) in [5.41, 5.74) is 0. The van der Waals surface area contributed by atoms with E-state index in [0.29, 0.717) is 13.1 Å². The molecule has 0 amide bonds. The summed E-state index contributed by atoms with van der Waals surface area (Å²) in [7, 11) is -4.15. The van der Waals surface area contributed by atoms with Crippen LogP contribution in [-0.2, 0) is 10.0 Å². The summed E-state index contributed by atoms with van der Waals surface area (Å²) >= 11 is 0. The molecule has 0 spiro atoms. The minimum absolute atomic E-state index is 0.158. The Morgan fingerprint density at radius 1 is 1.19 bits per heavy atom. The van der Waals surface area contributed by atoms with Crippen LogP contribution >= 0.6 is 0 Å². The Hall–Kier alpha value is -1.05. The maximum Gasteiger partial charge on any atom is 0.249 e. The largest absolute Gasteiger partial charge is 0.297 e. The summed E-state index contributed by atoms with van der Waals surface area (Å²) in [5, 5.41) is 0. The van der Waals surface area contributed by atoms with Gasteiger partial charge in [0.15, 0.2) is 4.90 Å². The topological polar surface area (TPSA) is 40.6 Å². The van der Waals surface area contributed by atoms with Crippen LogP contribution in [0.5, 0.6) is 0 Å². The van der Waals surface area contributed by atoms with Gasteiger partial charge in [0.2, 0.25) is 10.0 Å². The molecule has 0 aromatic heterocycles. The van der Waals surface area contributed by atoms with Crippen molar-refractivity contribution in [2.24, 2.45) is 0 Å². The predicted molar refractivity (Wildman–Crippen MR) is 74.3 cm³/mol. The summed E-state index contributed by atoms with van der Waals surface area (Å²) in [6, 6.07) is 3.00. The summed E-state index contributed by atoms with van der Waals surface area (Å²) in [4.78, 5) is 1.43. The van der Waals surface area contributed by atoms with Crippen LogP contribution in [0.3, 0.4) is 0 Å². The quantitative estimate of drug-likeness (QED) is 0.836. The number of benzene rings is 1. The molecule has 0 radical (unpaired) electrons. The molecule has 3 rings (SSSR count). The first kappa shape index (κ1) is 14.9. The van der Waals surface area contributed by atoms with Crippen molar-refractivity contribution >= 4 is 10.0 Å². The van der Waals surface area contributed by atoms with E-state index in [-0.39, 0.29) is 12.1 Å². The van der Waals surface area contributed by atoms with Crippen molar-refractivity contribution in [2.45, 2.75) is 36.7 Å². The van der Waals surface area contributed by atoms with Gasteiger partial charge in [-0.3, -0.25) is 4.90 Å². The van der Waals surface area contributed by atoms with Crippen molar-refractivity contribution in [1.29, 1.82) is 0 Å². The second-order valence-electron chi connectivity index (χ2n) is 5.77. The van der Waals surface area contributed by atoms with Crippen molar-refractivity contribution in [3.05, 3.63) is 29.8 Å². The Kier molecular flexibility index (Phi) is 3.75. The zero-order valence-corrected chi connectivity index (χ0v) is 12.6. The summed E-state index contributed by atoms with van der Waals surface area (Å²) in [5.74, 6) is -2.06. The monoisotopic (exact) mass is 316 g/mol. The van der Waals surface area contributed by atoms with E-state index in [4.69, 9.17) is 0 Å². The van der Waals surface area contributed by atoms with Crippen LogP contribution in [0.2, 0.25) is 0 Å². The van der Waals surface area contributed by atoms with Gasteiger partial charge in [-0.05, 0) is 38.4 Å². The van der Waals surface area contributed by atoms with Crippen LogP contribution < -0.4 is 0 Å². The number of hydrogen-bond donors (Lipinski definition) is 0. The first-order chi connectivity index (χ1) is 9.91. The molecule has 2 fully saturated rings. The molecule has 1 aromatic carbocycles. The van der Waals surface area contributed by atoms with Gasteiger partial charge in [-0.1, -0.05) is 6.07 Å². The lowest BCUT2D eigenvalue weighted by atomic mass is 10.1. The van der Waals surface area contributed by atoms with Gasteiger partial charge in [0.05, 0.1) is 0 Å². The van der Waals surface area contributed by atoms with Crippen LogP contribution in [0.1, 0.15) is 19.8 Å². The molecule has 0 bridgehead atoms. The summed E-state index contributed by atoms with van der Waals surface area (Å²) in [6.07, 6.45) is 1.97. The smallest absolute Gasteiger partial charge is 0.249 e. The van der Waals surface area contributed by atoms with Crippen LogP contribution in [0.25, 0.3) is 0 Å². The molecule has 2 aliphatic rings. The molecule has 21 heavy (non-hydrogen) atoms. The number of piperazine rings is 1. The van der Waals surface area contributed by atoms with E-state index in [1.165, 1.54) is 10.4 Å². The second-order valence-corrected chi connectivity index (χ2v) is 7.59. The SMILES string of the molecule is C[C@@H]1CN2CCC[C@H]2CN1S(=O)(=O)c1c(F)cccc1F.